The minimum atomic E-state index is -0.511. The van der Waals surface area contributed by atoms with Gasteiger partial charge in [0.25, 0.3) is 0 Å². The summed E-state index contributed by atoms with van der Waals surface area (Å²) in [5.41, 5.74) is 0.712. The molecule has 21 heavy (non-hydrogen) atoms. The molecule has 0 aliphatic carbocycles. The van der Waals surface area contributed by atoms with Gasteiger partial charge in [0.15, 0.2) is 0 Å². The second kappa shape index (κ2) is 7.52. The van der Waals surface area contributed by atoms with E-state index in [0.29, 0.717) is 18.8 Å². The molecule has 0 fully saturated rings. The number of ether oxygens (including phenoxy) is 2. The summed E-state index contributed by atoms with van der Waals surface area (Å²) in [7, 11) is 0. The smallest absolute Gasteiger partial charge is 0.407 e. The first-order valence-corrected chi connectivity index (χ1v) is 6.80. The third kappa shape index (κ3) is 6.65. The quantitative estimate of drug-likeness (QED) is 0.818. The van der Waals surface area contributed by atoms with Gasteiger partial charge in [-0.25, -0.2) is 9.59 Å². The van der Waals surface area contributed by atoms with Crippen LogP contribution in [0.5, 0.6) is 0 Å². The molecule has 116 valence electrons. The first-order chi connectivity index (χ1) is 9.81. The number of rotatable bonds is 5. The van der Waals surface area contributed by atoms with Crippen LogP contribution in [-0.2, 0) is 9.47 Å². The second-order valence-corrected chi connectivity index (χ2v) is 5.35. The topological polar surface area (TPSA) is 80.4 Å². The highest BCUT2D eigenvalue weighted by molar-refractivity contribution is 5.88. The molecule has 0 unspecified atom stereocenters. The largest absolute Gasteiger partial charge is 0.461 e. The maximum atomic E-state index is 11.5. The standard InChI is InChI=1S/C15H22N2O4/c1-5-20-13(18)12-9-11(10-17-12)7-6-8-16-14(19)21-15(2,3)4/h6-7,9-10,17H,5,8H2,1-4H3,(H,16,19). The van der Waals surface area contributed by atoms with E-state index >= 15 is 0 Å². The molecule has 0 saturated heterocycles. The average Bonchev–Trinajstić information content (AvgIpc) is 2.81. The van der Waals surface area contributed by atoms with Crippen molar-refractivity contribution < 1.29 is 19.1 Å². The summed E-state index contributed by atoms with van der Waals surface area (Å²) in [5.74, 6) is -0.385. The van der Waals surface area contributed by atoms with Crippen LogP contribution in [0.15, 0.2) is 18.3 Å². The summed E-state index contributed by atoms with van der Waals surface area (Å²) in [5, 5.41) is 2.61. The number of esters is 1. The number of hydrogen-bond donors (Lipinski definition) is 2. The zero-order valence-corrected chi connectivity index (χ0v) is 12.9. The van der Waals surface area contributed by atoms with E-state index < -0.39 is 11.7 Å². The van der Waals surface area contributed by atoms with E-state index in [1.807, 2.05) is 0 Å². The molecule has 2 N–H and O–H groups in total. The minimum Gasteiger partial charge on any atom is -0.461 e. The maximum Gasteiger partial charge on any atom is 0.407 e. The molecule has 1 amide bonds. The fourth-order valence-corrected chi connectivity index (χ4v) is 1.49. The van der Waals surface area contributed by atoms with Crippen LogP contribution in [0.1, 0.15) is 43.7 Å². The molecular formula is C15H22N2O4. The third-order valence-electron chi connectivity index (χ3n) is 2.27. The number of hydrogen-bond acceptors (Lipinski definition) is 4. The van der Waals surface area contributed by atoms with E-state index in [0.717, 1.165) is 5.56 Å². The number of nitrogens with one attached hydrogen (secondary N) is 2. The lowest BCUT2D eigenvalue weighted by Crippen LogP contribution is -2.32. The average molecular weight is 294 g/mol. The third-order valence-corrected chi connectivity index (χ3v) is 2.27. The Labute approximate surface area is 124 Å². The Bertz CT molecular complexity index is 512. The van der Waals surface area contributed by atoms with Crippen molar-refractivity contribution in [1.29, 1.82) is 0 Å². The van der Waals surface area contributed by atoms with Crippen molar-refractivity contribution in [3.8, 4) is 0 Å². The Hall–Kier alpha value is -2.24. The van der Waals surface area contributed by atoms with Gasteiger partial charge in [0, 0.05) is 12.7 Å². The van der Waals surface area contributed by atoms with Crippen molar-refractivity contribution in [2.45, 2.75) is 33.3 Å². The summed E-state index contributed by atoms with van der Waals surface area (Å²) < 4.78 is 9.98. The molecule has 0 spiro atoms. The van der Waals surface area contributed by atoms with Gasteiger partial charge in [0.2, 0.25) is 0 Å². The van der Waals surface area contributed by atoms with Gasteiger partial charge in [-0.2, -0.15) is 0 Å². The Morgan fingerprint density at radius 3 is 2.71 bits per heavy atom. The lowest BCUT2D eigenvalue weighted by atomic mass is 10.2. The SMILES string of the molecule is CCOC(=O)c1cc(C=CCNC(=O)OC(C)(C)C)c[nH]1. The van der Waals surface area contributed by atoms with Crippen molar-refractivity contribution in [3.63, 3.8) is 0 Å². The van der Waals surface area contributed by atoms with Crippen LogP contribution in [0.2, 0.25) is 0 Å². The van der Waals surface area contributed by atoms with Crippen molar-refractivity contribution in [2.75, 3.05) is 13.2 Å². The van der Waals surface area contributed by atoms with Crippen LogP contribution in [0.3, 0.4) is 0 Å². The molecule has 0 atom stereocenters. The predicted octanol–water partition coefficient (Wildman–Crippen LogP) is 2.73. The van der Waals surface area contributed by atoms with Crippen LogP contribution in [-0.4, -0.2) is 35.8 Å². The minimum absolute atomic E-state index is 0.336. The van der Waals surface area contributed by atoms with Gasteiger partial charge in [-0.15, -0.1) is 0 Å². The van der Waals surface area contributed by atoms with Crippen molar-refractivity contribution in [3.05, 3.63) is 29.6 Å². The van der Waals surface area contributed by atoms with Gasteiger partial charge in [-0.1, -0.05) is 12.2 Å². The molecular weight excluding hydrogens is 272 g/mol. The monoisotopic (exact) mass is 294 g/mol. The Morgan fingerprint density at radius 1 is 1.38 bits per heavy atom. The second-order valence-electron chi connectivity index (χ2n) is 5.35. The molecule has 0 bridgehead atoms. The lowest BCUT2D eigenvalue weighted by Gasteiger charge is -2.19. The molecule has 0 radical (unpaired) electrons. The summed E-state index contributed by atoms with van der Waals surface area (Å²) in [6.07, 6.45) is 4.78. The number of aromatic amines is 1. The number of amides is 1. The van der Waals surface area contributed by atoms with Crippen LogP contribution in [0, 0.1) is 0 Å². The first-order valence-electron chi connectivity index (χ1n) is 6.80. The Balaban J connectivity index is 2.41. The van der Waals surface area contributed by atoms with Gasteiger partial charge in [0.05, 0.1) is 6.61 Å². The molecule has 0 aliphatic heterocycles. The maximum absolute atomic E-state index is 11.5. The van der Waals surface area contributed by atoms with E-state index in [1.165, 1.54) is 0 Å². The van der Waals surface area contributed by atoms with Crippen molar-refractivity contribution in [1.82, 2.24) is 10.3 Å². The molecule has 0 aromatic carbocycles. The molecule has 1 heterocycles. The van der Waals surface area contributed by atoms with Crippen LogP contribution in [0.25, 0.3) is 6.08 Å². The van der Waals surface area contributed by atoms with Crippen LogP contribution < -0.4 is 5.32 Å². The van der Waals surface area contributed by atoms with Gasteiger partial charge in [0.1, 0.15) is 11.3 Å². The molecule has 6 nitrogen and oxygen atoms in total. The zero-order valence-electron chi connectivity index (χ0n) is 12.9. The molecule has 1 aromatic rings. The predicted molar refractivity (Wildman–Crippen MR) is 80.0 cm³/mol. The molecule has 6 heteroatoms. The van der Waals surface area contributed by atoms with E-state index in [1.54, 1.807) is 52.1 Å². The van der Waals surface area contributed by atoms with Gasteiger partial charge in [-0.05, 0) is 39.3 Å². The van der Waals surface area contributed by atoms with E-state index in [-0.39, 0.29) is 5.97 Å². The lowest BCUT2D eigenvalue weighted by molar-refractivity contribution is 0.0514. The summed E-state index contributed by atoms with van der Waals surface area (Å²) in [6, 6.07) is 1.68. The summed E-state index contributed by atoms with van der Waals surface area (Å²) in [4.78, 5) is 25.7. The number of H-pyrrole nitrogens is 1. The van der Waals surface area contributed by atoms with Gasteiger partial charge in [-0.3, -0.25) is 0 Å². The Morgan fingerprint density at radius 2 is 2.10 bits per heavy atom. The van der Waals surface area contributed by atoms with Gasteiger partial charge < -0.3 is 19.8 Å². The molecule has 1 aromatic heterocycles. The molecule has 1 rings (SSSR count). The normalized spacial score (nSPS) is 11.4. The highest BCUT2D eigenvalue weighted by atomic mass is 16.6. The number of carbonyl (C=O) groups excluding carboxylic acids is 2. The summed E-state index contributed by atoms with van der Waals surface area (Å²) in [6.45, 7) is 7.85. The summed E-state index contributed by atoms with van der Waals surface area (Å²) >= 11 is 0. The van der Waals surface area contributed by atoms with E-state index in [2.05, 4.69) is 10.3 Å². The molecule has 0 aliphatic rings. The fourth-order valence-electron chi connectivity index (χ4n) is 1.49. The highest BCUT2D eigenvalue weighted by Crippen LogP contribution is 2.08. The Kier molecular flexibility index (Phi) is 6.02. The van der Waals surface area contributed by atoms with Crippen molar-refractivity contribution in [2.24, 2.45) is 0 Å². The number of aromatic nitrogens is 1. The van der Waals surface area contributed by atoms with Gasteiger partial charge >= 0.3 is 12.1 Å². The van der Waals surface area contributed by atoms with E-state index in [4.69, 9.17) is 9.47 Å². The fraction of sp³-hybridized carbons (Fsp3) is 0.467. The zero-order chi connectivity index (χ0) is 15.9. The van der Waals surface area contributed by atoms with Crippen LogP contribution in [0.4, 0.5) is 4.79 Å². The molecule has 0 saturated carbocycles. The van der Waals surface area contributed by atoms with Crippen molar-refractivity contribution >= 4 is 18.1 Å². The highest BCUT2D eigenvalue weighted by Gasteiger charge is 2.15. The van der Waals surface area contributed by atoms with E-state index in [9.17, 15) is 9.59 Å². The number of carbonyl (C=O) groups is 2. The number of alkyl carbamates (subject to hydrolysis) is 1. The van der Waals surface area contributed by atoms with Crippen LogP contribution >= 0.6 is 0 Å². The first kappa shape index (κ1) is 16.8.